The summed E-state index contributed by atoms with van der Waals surface area (Å²) in [6.07, 6.45) is 2.29. The number of nitrogens with zero attached hydrogens (tertiary/aromatic N) is 4. The van der Waals surface area contributed by atoms with Crippen molar-refractivity contribution in [3.05, 3.63) is 47.8 Å². The number of carbonyl (C=O) groups is 2. The van der Waals surface area contributed by atoms with Crippen LogP contribution in [-0.2, 0) is 16.0 Å². The second kappa shape index (κ2) is 8.85. The van der Waals surface area contributed by atoms with Gasteiger partial charge in [0.05, 0.1) is 12.8 Å². The number of hydrogen-bond acceptors (Lipinski definition) is 9. The lowest BCUT2D eigenvalue weighted by Gasteiger charge is -2.07. The van der Waals surface area contributed by atoms with Crippen LogP contribution in [0.3, 0.4) is 0 Å². The Morgan fingerprint density at radius 1 is 1.14 bits per heavy atom. The molecule has 0 spiro atoms. The molecule has 3 rings (SSSR count). The summed E-state index contributed by atoms with van der Waals surface area (Å²) in [6, 6.07) is 9.72. The molecule has 0 atom stereocenters. The van der Waals surface area contributed by atoms with Crippen molar-refractivity contribution in [2.24, 2.45) is 0 Å². The quantitative estimate of drug-likeness (QED) is 0.443. The maximum absolute atomic E-state index is 12.5. The minimum atomic E-state index is -0.444. The van der Waals surface area contributed by atoms with Crippen LogP contribution in [0.2, 0.25) is 0 Å². The van der Waals surface area contributed by atoms with Crippen molar-refractivity contribution in [1.82, 2.24) is 19.9 Å². The number of anilines is 2. The maximum atomic E-state index is 12.5. The Kier molecular flexibility index (Phi) is 6.05. The summed E-state index contributed by atoms with van der Waals surface area (Å²) < 4.78 is 4.83. The van der Waals surface area contributed by atoms with Crippen molar-refractivity contribution in [2.45, 2.75) is 19.8 Å². The number of rotatable bonds is 8. The predicted octanol–water partition coefficient (Wildman–Crippen LogP) is 1.79. The first-order valence-corrected chi connectivity index (χ1v) is 8.83. The summed E-state index contributed by atoms with van der Waals surface area (Å²) in [7, 11) is 0. The molecule has 9 heteroatoms. The van der Waals surface area contributed by atoms with E-state index in [-0.39, 0.29) is 42.0 Å². The van der Waals surface area contributed by atoms with Crippen molar-refractivity contribution in [1.29, 1.82) is 0 Å². The van der Waals surface area contributed by atoms with Crippen molar-refractivity contribution >= 4 is 34.7 Å². The van der Waals surface area contributed by atoms with Crippen molar-refractivity contribution in [2.75, 3.05) is 24.2 Å². The molecule has 28 heavy (non-hydrogen) atoms. The van der Waals surface area contributed by atoms with Crippen LogP contribution < -0.4 is 11.1 Å². The Hall–Kier alpha value is -3.62. The average Bonchev–Trinajstić information content (AvgIpc) is 2.71. The van der Waals surface area contributed by atoms with Gasteiger partial charge in [-0.15, -0.1) is 0 Å². The number of aryl methyl sites for hydroxylation is 1. The van der Waals surface area contributed by atoms with E-state index in [1.165, 1.54) is 6.20 Å². The number of ketones is 1. The molecule has 0 fully saturated rings. The first kappa shape index (κ1) is 19.2. The molecule has 0 amide bonds. The number of nitrogens with one attached hydrogen (secondary N) is 1. The zero-order chi connectivity index (χ0) is 19.9. The van der Waals surface area contributed by atoms with E-state index in [1.807, 2.05) is 30.3 Å². The zero-order valence-corrected chi connectivity index (χ0v) is 15.4. The molecule has 144 valence electrons. The summed E-state index contributed by atoms with van der Waals surface area (Å²) in [5.74, 6) is -0.370. The van der Waals surface area contributed by atoms with Gasteiger partial charge in [0.25, 0.3) is 0 Å². The minimum Gasteiger partial charge on any atom is -0.465 e. The number of nitrogen functional groups attached to an aromatic ring is 1. The molecule has 2 aromatic heterocycles. The molecule has 9 nitrogen and oxygen atoms in total. The fourth-order valence-corrected chi connectivity index (χ4v) is 2.54. The monoisotopic (exact) mass is 380 g/mol. The number of ether oxygens (including phenoxy) is 1. The Bertz CT molecular complexity index is 994. The van der Waals surface area contributed by atoms with Gasteiger partial charge in [-0.1, -0.05) is 30.3 Å². The first-order chi connectivity index (χ1) is 13.6. The molecule has 0 saturated carbocycles. The third-order valence-corrected chi connectivity index (χ3v) is 3.90. The SMILES string of the molecule is CCOC(=O)CNc1nc(N)c2ncc(C(=O)CCc3ccccc3)nc2n1. The van der Waals surface area contributed by atoms with E-state index in [0.717, 1.165) is 5.56 Å². The second-order valence-corrected chi connectivity index (χ2v) is 5.93. The lowest BCUT2D eigenvalue weighted by atomic mass is 10.1. The summed E-state index contributed by atoms with van der Waals surface area (Å²) >= 11 is 0. The maximum Gasteiger partial charge on any atom is 0.325 e. The van der Waals surface area contributed by atoms with Crippen LogP contribution in [0.5, 0.6) is 0 Å². The molecule has 0 saturated heterocycles. The number of carbonyl (C=O) groups excluding carboxylic acids is 2. The number of aromatic nitrogens is 4. The minimum absolute atomic E-state index is 0.104. The molecule has 0 aliphatic carbocycles. The van der Waals surface area contributed by atoms with Crippen LogP contribution in [0.1, 0.15) is 29.4 Å². The fourth-order valence-electron chi connectivity index (χ4n) is 2.54. The molecule has 2 heterocycles. The molecular formula is C19H20N6O3. The van der Waals surface area contributed by atoms with Gasteiger partial charge in [-0.25, -0.2) is 9.97 Å². The Labute approximate surface area is 161 Å². The van der Waals surface area contributed by atoms with E-state index in [4.69, 9.17) is 10.5 Å². The molecule has 0 unspecified atom stereocenters. The van der Waals surface area contributed by atoms with Gasteiger partial charge in [0.1, 0.15) is 17.8 Å². The van der Waals surface area contributed by atoms with Gasteiger partial charge in [-0.2, -0.15) is 9.97 Å². The highest BCUT2D eigenvalue weighted by Gasteiger charge is 2.14. The molecule has 0 aliphatic heterocycles. The predicted molar refractivity (Wildman–Crippen MR) is 104 cm³/mol. The molecular weight excluding hydrogens is 360 g/mol. The highest BCUT2D eigenvalue weighted by molar-refractivity contribution is 5.96. The van der Waals surface area contributed by atoms with Crippen LogP contribution in [0.4, 0.5) is 11.8 Å². The Balaban J connectivity index is 1.75. The van der Waals surface area contributed by atoms with Gasteiger partial charge in [-0.3, -0.25) is 9.59 Å². The Morgan fingerprint density at radius 3 is 2.68 bits per heavy atom. The molecule has 3 N–H and O–H groups in total. The highest BCUT2D eigenvalue weighted by Crippen LogP contribution is 2.16. The summed E-state index contributed by atoms with van der Waals surface area (Å²) in [5, 5.41) is 2.73. The van der Waals surface area contributed by atoms with Crippen molar-refractivity contribution in [3.8, 4) is 0 Å². The van der Waals surface area contributed by atoms with Crippen LogP contribution in [0, 0.1) is 0 Å². The van der Waals surface area contributed by atoms with Gasteiger partial charge in [0, 0.05) is 6.42 Å². The van der Waals surface area contributed by atoms with E-state index >= 15 is 0 Å². The summed E-state index contributed by atoms with van der Waals surface area (Å²) in [5.41, 5.74) is 7.64. The van der Waals surface area contributed by atoms with Crippen LogP contribution in [0.25, 0.3) is 11.2 Å². The number of nitrogens with two attached hydrogens (primary N) is 1. The Morgan fingerprint density at radius 2 is 1.93 bits per heavy atom. The van der Waals surface area contributed by atoms with E-state index in [1.54, 1.807) is 6.92 Å². The molecule has 0 aliphatic rings. The lowest BCUT2D eigenvalue weighted by Crippen LogP contribution is -2.18. The molecule has 3 aromatic rings. The van der Waals surface area contributed by atoms with Crippen molar-refractivity contribution < 1.29 is 14.3 Å². The summed E-state index contributed by atoms with van der Waals surface area (Å²) in [4.78, 5) is 40.6. The smallest absolute Gasteiger partial charge is 0.325 e. The number of hydrogen-bond donors (Lipinski definition) is 2. The standard InChI is InChI=1S/C19H20N6O3/c1-2-28-15(27)11-22-19-24-17(20)16-18(25-19)23-13(10-21-16)14(26)9-8-12-6-4-3-5-7-12/h3-7,10H,2,8-9,11H2,1H3,(H3,20,22,23,24,25). The van der Waals surface area contributed by atoms with Gasteiger partial charge in [-0.05, 0) is 18.9 Å². The van der Waals surface area contributed by atoms with Crippen molar-refractivity contribution in [3.63, 3.8) is 0 Å². The average molecular weight is 380 g/mol. The van der Waals surface area contributed by atoms with Gasteiger partial charge in [0.2, 0.25) is 5.95 Å². The van der Waals surface area contributed by atoms with E-state index in [9.17, 15) is 9.59 Å². The van der Waals surface area contributed by atoms with Gasteiger partial charge in [0.15, 0.2) is 17.2 Å². The largest absolute Gasteiger partial charge is 0.465 e. The summed E-state index contributed by atoms with van der Waals surface area (Å²) in [6.45, 7) is 1.89. The molecule has 1 aromatic carbocycles. The highest BCUT2D eigenvalue weighted by atomic mass is 16.5. The van der Waals surface area contributed by atoms with Gasteiger partial charge >= 0.3 is 5.97 Å². The zero-order valence-electron chi connectivity index (χ0n) is 15.4. The molecule has 0 bridgehead atoms. The number of esters is 1. The molecule has 0 radical (unpaired) electrons. The van der Waals surface area contributed by atoms with Gasteiger partial charge < -0.3 is 15.8 Å². The van der Waals surface area contributed by atoms with E-state index < -0.39 is 5.97 Å². The third-order valence-electron chi connectivity index (χ3n) is 3.90. The van der Waals surface area contributed by atoms with Crippen LogP contribution >= 0.6 is 0 Å². The van der Waals surface area contributed by atoms with Crippen LogP contribution in [-0.4, -0.2) is 44.8 Å². The fraction of sp³-hybridized carbons (Fsp3) is 0.263. The van der Waals surface area contributed by atoms with E-state index in [0.29, 0.717) is 18.4 Å². The normalized spacial score (nSPS) is 10.6. The number of fused-ring (bicyclic) bond motifs is 1. The number of benzene rings is 1. The van der Waals surface area contributed by atoms with E-state index in [2.05, 4.69) is 25.3 Å². The lowest BCUT2D eigenvalue weighted by molar-refractivity contribution is -0.140. The number of Topliss-reactive ketones (excluding diaryl/α,β-unsaturated/α-hetero) is 1. The third kappa shape index (κ3) is 4.76. The van der Waals surface area contributed by atoms with Crippen LogP contribution in [0.15, 0.2) is 36.5 Å². The topological polar surface area (TPSA) is 133 Å². The second-order valence-electron chi connectivity index (χ2n) is 5.93. The first-order valence-electron chi connectivity index (χ1n) is 8.83.